The smallest absolute Gasteiger partial charge is 0.225 e. The lowest BCUT2D eigenvalue weighted by Crippen LogP contribution is -2.46. The highest BCUT2D eigenvalue weighted by Gasteiger charge is 2.23. The molecular weight excluding hydrogens is 270 g/mol. The van der Waals surface area contributed by atoms with E-state index in [1.54, 1.807) is 0 Å². The van der Waals surface area contributed by atoms with Crippen LogP contribution in [0.15, 0.2) is 12.4 Å². The minimum Gasteiger partial charge on any atom is -0.372 e. The number of morpholine rings is 1. The Hall–Kier alpha value is -0.680. The van der Waals surface area contributed by atoms with Crippen LogP contribution in [0.2, 0.25) is 0 Å². The highest BCUT2D eigenvalue weighted by molar-refractivity contribution is 9.08. The fraction of sp³-hybridized carbons (Fsp3) is 0.636. The zero-order chi connectivity index (χ0) is 11.5. The first-order chi connectivity index (χ1) is 7.69. The molecule has 1 aromatic heterocycles. The van der Waals surface area contributed by atoms with E-state index in [1.165, 1.54) is 0 Å². The van der Waals surface area contributed by atoms with E-state index in [4.69, 9.17) is 4.74 Å². The summed E-state index contributed by atoms with van der Waals surface area (Å²) in [6, 6.07) is 0. The average molecular weight is 286 g/mol. The van der Waals surface area contributed by atoms with E-state index in [9.17, 15) is 0 Å². The summed E-state index contributed by atoms with van der Waals surface area (Å²) in [5.41, 5.74) is 1.10. The van der Waals surface area contributed by atoms with Crippen molar-refractivity contribution in [2.24, 2.45) is 0 Å². The third kappa shape index (κ3) is 2.71. The monoisotopic (exact) mass is 285 g/mol. The van der Waals surface area contributed by atoms with Crippen molar-refractivity contribution < 1.29 is 4.74 Å². The van der Waals surface area contributed by atoms with E-state index in [2.05, 4.69) is 44.6 Å². The number of rotatable bonds is 2. The Kier molecular flexibility index (Phi) is 3.76. The van der Waals surface area contributed by atoms with Gasteiger partial charge in [0.1, 0.15) is 0 Å². The maximum Gasteiger partial charge on any atom is 0.225 e. The number of aromatic nitrogens is 2. The van der Waals surface area contributed by atoms with Crippen LogP contribution in [0.25, 0.3) is 0 Å². The summed E-state index contributed by atoms with van der Waals surface area (Å²) in [6.45, 7) is 5.88. The van der Waals surface area contributed by atoms with Gasteiger partial charge in [0.05, 0.1) is 12.2 Å². The quantitative estimate of drug-likeness (QED) is 0.779. The Balaban J connectivity index is 2.10. The Labute approximate surface area is 104 Å². The van der Waals surface area contributed by atoms with Crippen molar-refractivity contribution in [2.45, 2.75) is 31.4 Å². The molecule has 5 heteroatoms. The number of hydrogen-bond donors (Lipinski definition) is 0. The van der Waals surface area contributed by atoms with Gasteiger partial charge in [-0.1, -0.05) is 15.9 Å². The van der Waals surface area contributed by atoms with Gasteiger partial charge < -0.3 is 9.64 Å². The van der Waals surface area contributed by atoms with Crippen molar-refractivity contribution in [3.8, 4) is 0 Å². The molecule has 1 aromatic rings. The first-order valence-electron chi connectivity index (χ1n) is 5.46. The summed E-state index contributed by atoms with van der Waals surface area (Å²) < 4.78 is 5.68. The Morgan fingerprint density at radius 2 is 1.88 bits per heavy atom. The molecule has 1 aliphatic rings. The molecule has 88 valence electrons. The topological polar surface area (TPSA) is 38.2 Å². The molecule has 0 radical (unpaired) electrons. The number of halogens is 1. The van der Waals surface area contributed by atoms with Gasteiger partial charge in [-0.05, 0) is 19.4 Å². The lowest BCUT2D eigenvalue weighted by Gasteiger charge is -2.35. The molecule has 0 aromatic carbocycles. The predicted molar refractivity (Wildman–Crippen MR) is 66.9 cm³/mol. The number of alkyl halides is 1. The molecule has 1 saturated heterocycles. The molecule has 2 rings (SSSR count). The Bertz CT molecular complexity index is 334. The molecule has 0 N–H and O–H groups in total. The van der Waals surface area contributed by atoms with Crippen molar-refractivity contribution >= 4 is 21.9 Å². The molecule has 0 bridgehead atoms. The van der Waals surface area contributed by atoms with Gasteiger partial charge in [0.25, 0.3) is 0 Å². The van der Waals surface area contributed by atoms with Gasteiger partial charge in [-0.3, -0.25) is 0 Å². The standard InChI is InChI=1S/C11H16BrN3O/c1-8-6-15(7-9(2)16-8)11-13-4-10(3-12)5-14-11/h4-5,8-9H,3,6-7H2,1-2H3/t8-,9+. The minimum absolute atomic E-state index is 0.239. The van der Waals surface area contributed by atoms with Crippen molar-refractivity contribution in [1.82, 2.24) is 9.97 Å². The largest absolute Gasteiger partial charge is 0.372 e. The zero-order valence-corrected chi connectivity index (χ0v) is 11.1. The molecule has 0 amide bonds. The Morgan fingerprint density at radius 1 is 1.31 bits per heavy atom. The van der Waals surface area contributed by atoms with E-state index >= 15 is 0 Å². The van der Waals surface area contributed by atoms with E-state index in [0.29, 0.717) is 0 Å². The summed E-state index contributed by atoms with van der Waals surface area (Å²) in [5, 5.41) is 0.795. The molecule has 0 saturated carbocycles. The zero-order valence-electron chi connectivity index (χ0n) is 9.56. The third-order valence-electron chi connectivity index (χ3n) is 2.55. The minimum atomic E-state index is 0.239. The van der Waals surface area contributed by atoms with Gasteiger partial charge in [-0.15, -0.1) is 0 Å². The summed E-state index contributed by atoms with van der Waals surface area (Å²) in [5.74, 6) is 0.798. The van der Waals surface area contributed by atoms with Crippen LogP contribution in [0.3, 0.4) is 0 Å². The van der Waals surface area contributed by atoms with Gasteiger partial charge in [-0.2, -0.15) is 0 Å². The summed E-state index contributed by atoms with van der Waals surface area (Å²) in [4.78, 5) is 10.9. The fourth-order valence-electron chi connectivity index (χ4n) is 1.92. The molecule has 2 atom stereocenters. The normalized spacial score (nSPS) is 25.8. The maximum absolute atomic E-state index is 5.68. The SMILES string of the molecule is C[C@@H]1CN(c2ncc(CBr)cn2)C[C@H](C)O1. The maximum atomic E-state index is 5.68. The van der Waals surface area contributed by atoms with E-state index in [0.717, 1.165) is 29.9 Å². The highest BCUT2D eigenvalue weighted by Crippen LogP contribution is 2.16. The van der Waals surface area contributed by atoms with Crippen LogP contribution in [-0.4, -0.2) is 35.3 Å². The van der Waals surface area contributed by atoms with E-state index in [1.807, 2.05) is 12.4 Å². The molecule has 0 spiro atoms. The van der Waals surface area contributed by atoms with Gasteiger partial charge in [0.15, 0.2) is 0 Å². The van der Waals surface area contributed by atoms with Crippen LogP contribution >= 0.6 is 15.9 Å². The lowest BCUT2D eigenvalue weighted by molar-refractivity contribution is -0.00572. The predicted octanol–water partition coefficient (Wildman–Crippen LogP) is 1.99. The van der Waals surface area contributed by atoms with Crippen LogP contribution in [0.5, 0.6) is 0 Å². The number of ether oxygens (including phenoxy) is 1. The van der Waals surface area contributed by atoms with Gasteiger partial charge >= 0.3 is 0 Å². The van der Waals surface area contributed by atoms with Crippen molar-refractivity contribution in [3.05, 3.63) is 18.0 Å². The first-order valence-corrected chi connectivity index (χ1v) is 6.58. The van der Waals surface area contributed by atoms with Crippen LogP contribution in [0.4, 0.5) is 5.95 Å². The Morgan fingerprint density at radius 3 is 2.38 bits per heavy atom. The first kappa shape index (κ1) is 11.8. The van der Waals surface area contributed by atoms with Crippen molar-refractivity contribution in [1.29, 1.82) is 0 Å². The van der Waals surface area contributed by atoms with E-state index in [-0.39, 0.29) is 12.2 Å². The molecule has 1 aliphatic heterocycles. The second kappa shape index (κ2) is 5.10. The number of hydrogen-bond acceptors (Lipinski definition) is 4. The molecule has 2 heterocycles. The third-order valence-corrected chi connectivity index (χ3v) is 3.20. The summed E-state index contributed by atoms with van der Waals surface area (Å²) in [7, 11) is 0. The highest BCUT2D eigenvalue weighted by atomic mass is 79.9. The molecule has 16 heavy (non-hydrogen) atoms. The summed E-state index contributed by atoms with van der Waals surface area (Å²) in [6.07, 6.45) is 4.20. The second-order valence-electron chi connectivity index (χ2n) is 4.19. The van der Waals surface area contributed by atoms with Crippen LogP contribution in [0, 0.1) is 0 Å². The van der Waals surface area contributed by atoms with Gasteiger partial charge in [0.2, 0.25) is 5.95 Å². The van der Waals surface area contributed by atoms with Crippen LogP contribution < -0.4 is 4.90 Å². The van der Waals surface area contributed by atoms with E-state index < -0.39 is 0 Å². The van der Waals surface area contributed by atoms with Crippen molar-refractivity contribution in [3.63, 3.8) is 0 Å². The lowest BCUT2D eigenvalue weighted by atomic mass is 10.2. The molecule has 4 nitrogen and oxygen atoms in total. The fourth-order valence-corrected chi connectivity index (χ4v) is 2.21. The van der Waals surface area contributed by atoms with Crippen molar-refractivity contribution in [2.75, 3.05) is 18.0 Å². The molecule has 1 fully saturated rings. The van der Waals surface area contributed by atoms with Gasteiger partial charge in [-0.25, -0.2) is 9.97 Å². The van der Waals surface area contributed by atoms with Gasteiger partial charge in [0, 0.05) is 30.8 Å². The van der Waals surface area contributed by atoms with Crippen LogP contribution in [-0.2, 0) is 10.1 Å². The van der Waals surface area contributed by atoms with Crippen LogP contribution in [0.1, 0.15) is 19.4 Å². The summed E-state index contributed by atoms with van der Waals surface area (Å²) >= 11 is 3.38. The second-order valence-corrected chi connectivity index (χ2v) is 4.75. The number of anilines is 1. The number of nitrogens with zero attached hydrogens (tertiary/aromatic N) is 3. The molecular formula is C11H16BrN3O. The molecule has 0 unspecified atom stereocenters. The average Bonchev–Trinajstić information content (AvgIpc) is 2.28. The molecule has 0 aliphatic carbocycles.